The number of nitrogens with one attached hydrogen (secondary N) is 1. The minimum absolute atomic E-state index is 0.132. The Morgan fingerprint density at radius 3 is 2.71 bits per heavy atom. The Hall–Kier alpha value is -0.940. The number of rotatable bonds is 3. The summed E-state index contributed by atoms with van der Waals surface area (Å²) in [5.74, 6) is -0.607. The molecule has 0 bridgehead atoms. The van der Waals surface area contributed by atoms with E-state index in [2.05, 4.69) is 36.2 Å². The smallest absolute Gasteiger partial charge is 0.192 e. The van der Waals surface area contributed by atoms with E-state index in [1.54, 1.807) is 0 Å². The first-order valence-electron chi connectivity index (χ1n) is 7.83. The van der Waals surface area contributed by atoms with E-state index in [4.69, 9.17) is 9.47 Å². The lowest BCUT2D eigenvalue weighted by Gasteiger charge is -2.43. The van der Waals surface area contributed by atoms with Crippen molar-refractivity contribution >= 4 is 0 Å². The first-order chi connectivity index (χ1) is 10.00. The van der Waals surface area contributed by atoms with Crippen LogP contribution in [0.25, 0.3) is 0 Å². The molecule has 2 unspecified atom stereocenters. The molecule has 2 atom stereocenters. The fourth-order valence-electron chi connectivity index (χ4n) is 3.23. The highest BCUT2D eigenvalue weighted by Gasteiger charge is 2.41. The van der Waals surface area contributed by atoms with Crippen LogP contribution in [0.3, 0.4) is 0 Å². The molecular formula is C17H26N2O2. The van der Waals surface area contributed by atoms with Gasteiger partial charge in [-0.25, -0.2) is 0 Å². The van der Waals surface area contributed by atoms with Gasteiger partial charge in [0.05, 0.1) is 12.7 Å². The molecule has 1 aromatic carbocycles. The standard InChI is InChI=1S/C17H26N2O2/c1-16(2)13-18-9-10-19(16)11-15-12-20-17(3,21-15)14-7-5-4-6-8-14/h4-8,15,18H,9-13H2,1-3H3. The average molecular weight is 290 g/mol. The molecule has 0 amide bonds. The fraction of sp³-hybridized carbons (Fsp3) is 0.647. The molecule has 1 N–H and O–H groups in total. The van der Waals surface area contributed by atoms with Crippen LogP contribution in [0, 0.1) is 0 Å². The largest absolute Gasteiger partial charge is 0.343 e. The van der Waals surface area contributed by atoms with E-state index in [9.17, 15) is 0 Å². The van der Waals surface area contributed by atoms with Gasteiger partial charge in [-0.15, -0.1) is 0 Å². The van der Waals surface area contributed by atoms with Crippen LogP contribution in [-0.2, 0) is 15.3 Å². The number of hydrogen-bond acceptors (Lipinski definition) is 4. The van der Waals surface area contributed by atoms with E-state index in [1.807, 2.05) is 25.1 Å². The summed E-state index contributed by atoms with van der Waals surface area (Å²) in [6.45, 7) is 11.3. The van der Waals surface area contributed by atoms with Crippen LogP contribution < -0.4 is 5.32 Å². The van der Waals surface area contributed by atoms with Crippen LogP contribution in [0.1, 0.15) is 26.3 Å². The first kappa shape index (κ1) is 15.0. The van der Waals surface area contributed by atoms with Gasteiger partial charge in [-0.05, 0) is 20.8 Å². The third-order valence-electron chi connectivity index (χ3n) is 4.63. The molecule has 0 saturated carbocycles. The summed E-state index contributed by atoms with van der Waals surface area (Å²) in [7, 11) is 0. The summed E-state index contributed by atoms with van der Waals surface area (Å²) in [5, 5.41) is 3.46. The molecule has 3 rings (SSSR count). The molecule has 2 saturated heterocycles. The van der Waals surface area contributed by atoms with E-state index < -0.39 is 5.79 Å². The van der Waals surface area contributed by atoms with Crippen LogP contribution in [0.15, 0.2) is 30.3 Å². The first-order valence-corrected chi connectivity index (χ1v) is 7.83. The number of benzene rings is 1. The summed E-state index contributed by atoms with van der Waals surface area (Å²) in [5.41, 5.74) is 1.26. The second-order valence-electron chi connectivity index (χ2n) is 6.80. The Kier molecular flexibility index (Phi) is 4.06. The third-order valence-corrected chi connectivity index (χ3v) is 4.63. The molecule has 116 valence electrons. The number of nitrogens with zero attached hydrogens (tertiary/aromatic N) is 1. The summed E-state index contributed by atoms with van der Waals surface area (Å²) in [4.78, 5) is 2.51. The second kappa shape index (κ2) is 5.69. The van der Waals surface area contributed by atoms with Gasteiger partial charge in [0, 0.05) is 37.3 Å². The molecule has 4 nitrogen and oxygen atoms in total. The van der Waals surface area contributed by atoms with E-state index >= 15 is 0 Å². The van der Waals surface area contributed by atoms with Crippen LogP contribution in [0.4, 0.5) is 0 Å². The second-order valence-corrected chi connectivity index (χ2v) is 6.80. The zero-order valence-electron chi connectivity index (χ0n) is 13.3. The molecule has 0 aromatic heterocycles. The van der Waals surface area contributed by atoms with Gasteiger partial charge >= 0.3 is 0 Å². The number of ether oxygens (including phenoxy) is 2. The van der Waals surface area contributed by atoms with E-state index in [-0.39, 0.29) is 11.6 Å². The van der Waals surface area contributed by atoms with Gasteiger partial charge < -0.3 is 14.8 Å². The van der Waals surface area contributed by atoms with Crippen molar-refractivity contribution < 1.29 is 9.47 Å². The van der Waals surface area contributed by atoms with Gasteiger partial charge in [0.15, 0.2) is 5.79 Å². The molecule has 0 radical (unpaired) electrons. The van der Waals surface area contributed by atoms with Crippen molar-refractivity contribution in [2.24, 2.45) is 0 Å². The minimum Gasteiger partial charge on any atom is -0.343 e. The van der Waals surface area contributed by atoms with Crippen LogP contribution in [0.2, 0.25) is 0 Å². The monoisotopic (exact) mass is 290 g/mol. The summed E-state index contributed by atoms with van der Waals surface area (Å²) in [6, 6.07) is 10.2. The van der Waals surface area contributed by atoms with Gasteiger partial charge in [0.25, 0.3) is 0 Å². The molecule has 2 heterocycles. The normalized spacial score (nSPS) is 33.2. The van der Waals surface area contributed by atoms with Crippen molar-refractivity contribution in [2.45, 2.75) is 38.2 Å². The predicted molar refractivity (Wildman–Crippen MR) is 83.1 cm³/mol. The van der Waals surface area contributed by atoms with Crippen LogP contribution in [-0.4, -0.2) is 49.3 Å². The Morgan fingerprint density at radius 2 is 2.00 bits per heavy atom. The van der Waals surface area contributed by atoms with Gasteiger partial charge in [0.1, 0.15) is 0 Å². The predicted octanol–water partition coefficient (Wildman–Crippen LogP) is 1.96. The van der Waals surface area contributed by atoms with Crippen molar-refractivity contribution in [2.75, 3.05) is 32.8 Å². The van der Waals surface area contributed by atoms with Gasteiger partial charge in [-0.1, -0.05) is 30.3 Å². The molecule has 1 aromatic rings. The lowest BCUT2D eigenvalue weighted by molar-refractivity contribution is -0.165. The summed E-state index contributed by atoms with van der Waals surface area (Å²) in [6.07, 6.45) is 0.132. The van der Waals surface area contributed by atoms with Crippen LogP contribution >= 0.6 is 0 Å². The van der Waals surface area contributed by atoms with Crippen molar-refractivity contribution in [3.05, 3.63) is 35.9 Å². The number of hydrogen-bond donors (Lipinski definition) is 1. The molecule has 2 aliphatic rings. The fourth-order valence-corrected chi connectivity index (χ4v) is 3.23. The Balaban J connectivity index is 1.65. The summed E-state index contributed by atoms with van der Waals surface area (Å²) >= 11 is 0. The van der Waals surface area contributed by atoms with Gasteiger partial charge in [-0.2, -0.15) is 0 Å². The van der Waals surface area contributed by atoms with E-state index in [0.717, 1.165) is 31.7 Å². The maximum atomic E-state index is 6.25. The highest BCUT2D eigenvalue weighted by molar-refractivity contribution is 5.20. The Bertz CT molecular complexity index is 477. The molecule has 21 heavy (non-hydrogen) atoms. The topological polar surface area (TPSA) is 33.7 Å². The molecule has 4 heteroatoms. The maximum Gasteiger partial charge on any atom is 0.192 e. The highest BCUT2D eigenvalue weighted by atomic mass is 16.7. The lowest BCUT2D eigenvalue weighted by atomic mass is 10.00. The zero-order chi connectivity index (χ0) is 14.9. The van der Waals surface area contributed by atoms with Crippen LogP contribution in [0.5, 0.6) is 0 Å². The Morgan fingerprint density at radius 1 is 1.24 bits per heavy atom. The van der Waals surface area contributed by atoms with Gasteiger partial charge in [-0.3, -0.25) is 4.90 Å². The van der Waals surface area contributed by atoms with Gasteiger partial charge in [0.2, 0.25) is 0 Å². The molecule has 0 aliphatic carbocycles. The number of piperazine rings is 1. The summed E-state index contributed by atoms with van der Waals surface area (Å²) < 4.78 is 12.2. The van der Waals surface area contributed by atoms with Crippen molar-refractivity contribution in [1.82, 2.24) is 10.2 Å². The molecule has 0 spiro atoms. The van der Waals surface area contributed by atoms with E-state index in [1.165, 1.54) is 0 Å². The maximum absolute atomic E-state index is 6.25. The highest BCUT2D eigenvalue weighted by Crippen LogP contribution is 2.34. The zero-order valence-corrected chi connectivity index (χ0v) is 13.3. The SMILES string of the molecule is CC1(c2ccccc2)OCC(CN2CCNCC2(C)C)O1. The molecule has 2 aliphatic heterocycles. The molecule has 2 fully saturated rings. The quantitative estimate of drug-likeness (QED) is 0.923. The van der Waals surface area contributed by atoms with Crippen molar-refractivity contribution in [1.29, 1.82) is 0 Å². The Labute approximate surface area is 127 Å². The lowest BCUT2D eigenvalue weighted by Crippen LogP contribution is -2.59. The van der Waals surface area contributed by atoms with E-state index in [0.29, 0.717) is 6.61 Å². The third kappa shape index (κ3) is 3.14. The minimum atomic E-state index is -0.607. The average Bonchev–Trinajstić information content (AvgIpc) is 2.85. The van der Waals surface area contributed by atoms with Crippen molar-refractivity contribution in [3.8, 4) is 0 Å². The van der Waals surface area contributed by atoms with Crippen molar-refractivity contribution in [3.63, 3.8) is 0 Å². The molecular weight excluding hydrogens is 264 g/mol.